The van der Waals surface area contributed by atoms with Crippen molar-refractivity contribution >= 4 is 28.6 Å². The second kappa shape index (κ2) is 8.81. The lowest BCUT2D eigenvalue weighted by molar-refractivity contribution is -0.121. The molecule has 3 aromatic rings. The highest BCUT2D eigenvalue weighted by Crippen LogP contribution is 2.26. The fourth-order valence-electron chi connectivity index (χ4n) is 2.89. The summed E-state index contributed by atoms with van der Waals surface area (Å²) in [6, 6.07) is 9.50. The van der Waals surface area contributed by atoms with E-state index in [1.807, 2.05) is 35.0 Å². The quantitative estimate of drug-likeness (QED) is 0.602. The SMILES string of the molecule is CCSc1nccc2c1ccn2CC(=O)NCc1ccc(OC)cc1OC. The highest BCUT2D eigenvalue weighted by molar-refractivity contribution is 7.99. The third-order valence-electron chi connectivity index (χ3n) is 4.23. The monoisotopic (exact) mass is 385 g/mol. The highest BCUT2D eigenvalue weighted by Gasteiger charge is 2.11. The summed E-state index contributed by atoms with van der Waals surface area (Å²) in [5, 5.41) is 5.03. The number of hydrogen-bond acceptors (Lipinski definition) is 5. The molecule has 3 rings (SSSR count). The van der Waals surface area contributed by atoms with Crippen LogP contribution in [0.15, 0.2) is 47.8 Å². The first-order valence-corrected chi connectivity index (χ1v) is 9.69. The van der Waals surface area contributed by atoms with Gasteiger partial charge in [0.05, 0.1) is 19.7 Å². The maximum atomic E-state index is 12.4. The predicted octanol–water partition coefficient (Wildman–Crippen LogP) is 3.48. The van der Waals surface area contributed by atoms with Gasteiger partial charge in [-0.15, -0.1) is 11.8 Å². The van der Waals surface area contributed by atoms with Gasteiger partial charge in [-0.2, -0.15) is 0 Å². The van der Waals surface area contributed by atoms with Gasteiger partial charge in [0.15, 0.2) is 0 Å². The molecule has 2 aromatic heterocycles. The van der Waals surface area contributed by atoms with Crippen molar-refractivity contribution in [3.63, 3.8) is 0 Å². The molecular formula is C20H23N3O3S. The van der Waals surface area contributed by atoms with Gasteiger partial charge in [0, 0.05) is 36.0 Å². The Morgan fingerprint density at radius 2 is 2.07 bits per heavy atom. The van der Waals surface area contributed by atoms with Gasteiger partial charge < -0.3 is 19.4 Å². The first-order chi connectivity index (χ1) is 13.2. The topological polar surface area (TPSA) is 65.4 Å². The number of thioether (sulfide) groups is 1. The van der Waals surface area contributed by atoms with Crippen LogP contribution in [0.1, 0.15) is 12.5 Å². The van der Waals surface area contributed by atoms with Crippen molar-refractivity contribution < 1.29 is 14.3 Å². The summed E-state index contributed by atoms with van der Waals surface area (Å²) < 4.78 is 12.5. The van der Waals surface area contributed by atoms with Crippen LogP contribution in [0, 0.1) is 0 Å². The van der Waals surface area contributed by atoms with Gasteiger partial charge in [-0.1, -0.05) is 6.92 Å². The fraction of sp³-hybridized carbons (Fsp3) is 0.300. The standard InChI is InChI=1S/C20H23N3O3S/c1-4-27-20-16-8-10-23(17(16)7-9-21-20)13-19(24)22-12-14-5-6-15(25-2)11-18(14)26-3/h5-11H,4,12-13H2,1-3H3,(H,22,24). The normalized spacial score (nSPS) is 10.8. The average molecular weight is 385 g/mol. The van der Waals surface area contributed by atoms with Crippen LogP contribution in [0.25, 0.3) is 10.9 Å². The Morgan fingerprint density at radius 3 is 2.81 bits per heavy atom. The lowest BCUT2D eigenvalue weighted by Gasteiger charge is -2.12. The molecule has 0 radical (unpaired) electrons. The number of rotatable bonds is 8. The van der Waals surface area contributed by atoms with E-state index in [-0.39, 0.29) is 12.5 Å². The van der Waals surface area contributed by atoms with E-state index in [0.29, 0.717) is 12.3 Å². The van der Waals surface area contributed by atoms with Crippen LogP contribution < -0.4 is 14.8 Å². The number of ether oxygens (including phenoxy) is 2. The van der Waals surface area contributed by atoms with E-state index < -0.39 is 0 Å². The Morgan fingerprint density at radius 1 is 1.22 bits per heavy atom. The van der Waals surface area contributed by atoms with Gasteiger partial charge in [-0.3, -0.25) is 4.79 Å². The zero-order chi connectivity index (χ0) is 19.2. The molecule has 0 saturated carbocycles. The third kappa shape index (κ3) is 4.36. The zero-order valence-electron chi connectivity index (χ0n) is 15.7. The highest BCUT2D eigenvalue weighted by atomic mass is 32.2. The minimum Gasteiger partial charge on any atom is -0.497 e. The first kappa shape index (κ1) is 19.1. The van der Waals surface area contributed by atoms with E-state index in [1.165, 1.54) is 0 Å². The number of pyridine rings is 1. The summed E-state index contributed by atoms with van der Waals surface area (Å²) in [7, 11) is 3.21. The smallest absolute Gasteiger partial charge is 0.240 e. The molecule has 2 heterocycles. The van der Waals surface area contributed by atoms with Crippen molar-refractivity contribution in [1.29, 1.82) is 0 Å². The Hall–Kier alpha value is -2.67. The van der Waals surface area contributed by atoms with E-state index in [1.54, 1.807) is 38.2 Å². The van der Waals surface area contributed by atoms with E-state index in [9.17, 15) is 4.79 Å². The van der Waals surface area contributed by atoms with Crippen LogP contribution in [-0.4, -0.2) is 35.4 Å². The molecule has 0 fully saturated rings. The zero-order valence-corrected chi connectivity index (χ0v) is 16.5. The predicted molar refractivity (Wildman–Crippen MR) is 108 cm³/mol. The summed E-state index contributed by atoms with van der Waals surface area (Å²) in [4.78, 5) is 16.9. The van der Waals surface area contributed by atoms with Gasteiger partial charge in [0.25, 0.3) is 0 Å². The van der Waals surface area contributed by atoms with Crippen LogP contribution in [0.3, 0.4) is 0 Å². The van der Waals surface area contributed by atoms with Crippen LogP contribution in [0.2, 0.25) is 0 Å². The molecule has 27 heavy (non-hydrogen) atoms. The number of nitrogens with one attached hydrogen (secondary N) is 1. The average Bonchev–Trinajstić information content (AvgIpc) is 3.10. The molecular weight excluding hydrogens is 362 g/mol. The number of nitrogens with zero attached hydrogens (tertiary/aromatic N) is 2. The number of carbonyl (C=O) groups excluding carboxylic acids is 1. The van der Waals surface area contributed by atoms with Crippen molar-refractivity contribution in [3.8, 4) is 11.5 Å². The number of aromatic nitrogens is 2. The van der Waals surface area contributed by atoms with Gasteiger partial charge >= 0.3 is 0 Å². The molecule has 1 N–H and O–H groups in total. The molecule has 1 aromatic carbocycles. The molecule has 0 aliphatic carbocycles. The van der Waals surface area contributed by atoms with Gasteiger partial charge in [-0.25, -0.2) is 4.98 Å². The van der Waals surface area contributed by atoms with E-state index in [0.717, 1.165) is 33.0 Å². The summed E-state index contributed by atoms with van der Waals surface area (Å²) in [5.74, 6) is 2.30. The molecule has 0 bridgehead atoms. The summed E-state index contributed by atoms with van der Waals surface area (Å²) in [6.45, 7) is 2.75. The van der Waals surface area contributed by atoms with Crippen LogP contribution in [0.5, 0.6) is 11.5 Å². The lowest BCUT2D eigenvalue weighted by Crippen LogP contribution is -2.27. The first-order valence-electron chi connectivity index (χ1n) is 8.70. The fourth-order valence-corrected chi connectivity index (χ4v) is 3.63. The molecule has 1 amide bonds. The second-order valence-corrected chi connectivity index (χ2v) is 7.13. The van der Waals surface area contributed by atoms with E-state index in [2.05, 4.69) is 17.2 Å². The molecule has 0 aliphatic heterocycles. The Kier molecular flexibility index (Phi) is 6.24. The number of methoxy groups -OCH3 is 2. The van der Waals surface area contributed by atoms with Crippen LogP contribution in [0.4, 0.5) is 0 Å². The largest absolute Gasteiger partial charge is 0.497 e. The second-order valence-electron chi connectivity index (χ2n) is 5.88. The number of hydrogen-bond donors (Lipinski definition) is 1. The Labute approximate surface area is 162 Å². The maximum absolute atomic E-state index is 12.4. The molecule has 0 unspecified atom stereocenters. The number of fused-ring (bicyclic) bond motifs is 1. The minimum absolute atomic E-state index is 0.0631. The van der Waals surface area contributed by atoms with Crippen molar-refractivity contribution in [3.05, 3.63) is 48.3 Å². The van der Waals surface area contributed by atoms with Crippen molar-refractivity contribution in [2.45, 2.75) is 25.0 Å². The van der Waals surface area contributed by atoms with Crippen molar-refractivity contribution in [2.75, 3.05) is 20.0 Å². The third-order valence-corrected chi connectivity index (χ3v) is 5.11. The molecule has 6 nitrogen and oxygen atoms in total. The number of amides is 1. The molecule has 0 spiro atoms. The minimum atomic E-state index is -0.0631. The number of carbonyl (C=O) groups is 1. The van der Waals surface area contributed by atoms with Crippen LogP contribution >= 0.6 is 11.8 Å². The van der Waals surface area contributed by atoms with Gasteiger partial charge in [0.1, 0.15) is 23.1 Å². The van der Waals surface area contributed by atoms with E-state index >= 15 is 0 Å². The molecule has 142 valence electrons. The van der Waals surface area contributed by atoms with Crippen molar-refractivity contribution in [1.82, 2.24) is 14.9 Å². The summed E-state index contributed by atoms with van der Waals surface area (Å²) in [5.41, 5.74) is 1.91. The summed E-state index contributed by atoms with van der Waals surface area (Å²) in [6.07, 6.45) is 3.72. The number of benzene rings is 1. The lowest BCUT2D eigenvalue weighted by atomic mass is 10.2. The van der Waals surface area contributed by atoms with Gasteiger partial charge in [-0.05, 0) is 30.0 Å². The van der Waals surface area contributed by atoms with Gasteiger partial charge in [0.2, 0.25) is 5.91 Å². The molecule has 0 atom stereocenters. The van der Waals surface area contributed by atoms with Crippen LogP contribution in [-0.2, 0) is 17.9 Å². The molecule has 0 aliphatic rings. The Bertz CT molecular complexity index is 939. The Balaban J connectivity index is 1.68. The molecule has 0 saturated heterocycles. The molecule has 7 heteroatoms. The van der Waals surface area contributed by atoms with E-state index in [4.69, 9.17) is 9.47 Å². The van der Waals surface area contributed by atoms with Crippen molar-refractivity contribution in [2.24, 2.45) is 0 Å². The maximum Gasteiger partial charge on any atom is 0.240 e. The summed E-state index contributed by atoms with van der Waals surface area (Å²) >= 11 is 1.70.